The molecule has 3 amide bonds. The summed E-state index contributed by atoms with van der Waals surface area (Å²) in [5.41, 5.74) is 2.60. The Morgan fingerprint density at radius 2 is 1.70 bits per heavy atom. The second kappa shape index (κ2) is 11.7. The first-order valence-electron chi connectivity index (χ1n) is 9.53. The van der Waals surface area contributed by atoms with Crippen LogP contribution in [0.25, 0.3) is 0 Å². The molecule has 0 aliphatic heterocycles. The number of anilines is 1. The van der Waals surface area contributed by atoms with E-state index in [1.165, 1.54) is 24.4 Å². The Labute approximate surface area is 198 Å². The molecule has 11 heteroatoms. The van der Waals surface area contributed by atoms with Crippen molar-refractivity contribution in [2.45, 2.75) is 6.54 Å². The maximum atomic E-state index is 12.0. The second-order valence-corrected chi connectivity index (χ2v) is 7.37. The number of carbonyl (C=O) groups is 3. The number of para-hydroxylation sites is 1. The predicted octanol–water partition coefficient (Wildman–Crippen LogP) is 3.37. The molecule has 0 aliphatic rings. The molecule has 3 N–H and O–H groups in total. The maximum Gasteiger partial charge on any atom is 0.313 e. The van der Waals surface area contributed by atoms with Crippen molar-refractivity contribution in [3.05, 3.63) is 82.2 Å². The Kier molecular flexibility index (Phi) is 8.45. The zero-order valence-corrected chi connectivity index (χ0v) is 18.5. The molecular weight excluding hydrogens is 471 g/mol. The molecule has 0 radical (unpaired) electrons. The Morgan fingerprint density at radius 1 is 0.970 bits per heavy atom. The molecule has 0 saturated heterocycles. The fourth-order valence-electron chi connectivity index (χ4n) is 2.49. The Hall–Kier alpha value is -3.82. The molecule has 3 aromatic rings. The number of nitrogens with one attached hydrogen (secondary N) is 3. The molecule has 3 rings (SSSR count). The number of amides is 3. The highest BCUT2D eigenvalue weighted by Gasteiger charge is 2.15. The minimum absolute atomic E-state index is 0.0341. The summed E-state index contributed by atoms with van der Waals surface area (Å²) >= 11 is 11.7. The van der Waals surface area contributed by atoms with Crippen LogP contribution in [0, 0.1) is 0 Å². The first-order valence-corrected chi connectivity index (χ1v) is 10.3. The van der Waals surface area contributed by atoms with Gasteiger partial charge < -0.3 is 19.8 Å². The van der Waals surface area contributed by atoms with Crippen molar-refractivity contribution in [2.24, 2.45) is 5.10 Å². The molecule has 0 saturated carbocycles. The number of hydrazone groups is 1. The van der Waals surface area contributed by atoms with Crippen LogP contribution in [0.4, 0.5) is 5.69 Å². The lowest BCUT2D eigenvalue weighted by atomic mass is 10.3. The topological polar surface area (TPSA) is 122 Å². The lowest BCUT2D eigenvalue weighted by Crippen LogP contribution is -2.34. The summed E-state index contributed by atoms with van der Waals surface area (Å²) in [5, 5.41) is 9.25. The third-order valence-corrected chi connectivity index (χ3v) is 4.36. The van der Waals surface area contributed by atoms with E-state index in [0.717, 1.165) is 0 Å². The monoisotopic (exact) mass is 488 g/mol. The number of nitrogens with zero attached hydrogens (tertiary/aromatic N) is 1. The summed E-state index contributed by atoms with van der Waals surface area (Å²) in [6, 6.07) is 16.5. The molecule has 1 heterocycles. The summed E-state index contributed by atoms with van der Waals surface area (Å²) in [4.78, 5) is 35.7. The molecule has 9 nitrogen and oxygen atoms in total. The van der Waals surface area contributed by atoms with E-state index in [0.29, 0.717) is 33.0 Å². The van der Waals surface area contributed by atoms with Crippen molar-refractivity contribution in [3.8, 4) is 5.75 Å². The molecule has 0 spiro atoms. The number of halogens is 2. The van der Waals surface area contributed by atoms with Gasteiger partial charge in [0, 0.05) is 15.7 Å². The van der Waals surface area contributed by atoms with Crippen molar-refractivity contribution in [3.63, 3.8) is 0 Å². The summed E-state index contributed by atoms with van der Waals surface area (Å²) in [6.07, 6.45) is 1.29. The van der Waals surface area contributed by atoms with Crippen LogP contribution in [0.5, 0.6) is 5.75 Å². The maximum absolute atomic E-state index is 12.0. The lowest BCUT2D eigenvalue weighted by Gasteiger charge is -2.06. The van der Waals surface area contributed by atoms with Crippen molar-refractivity contribution < 1.29 is 23.5 Å². The molecule has 33 heavy (non-hydrogen) atoms. The number of ether oxygens (including phenoxy) is 1. The molecular formula is C22H18Cl2N4O5. The highest BCUT2D eigenvalue weighted by molar-refractivity contribution is 6.40. The average molecular weight is 489 g/mol. The Bertz CT molecular complexity index is 1140. The molecule has 170 valence electrons. The average Bonchev–Trinajstić information content (AvgIpc) is 3.23. The Balaban J connectivity index is 1.41. The lowest BCUT2D eigenvalue weighted by molar-refractivity contribution is -0.136. The summed E-state index contributed by atoms with van der Waals surface area (Å²) in [7, 11) is 0. The minimum atomic E-state index is -0.887. The fourth-order valence-corrected chi connectivity index (χ4v) is 3.01. The highest BCUT2D eigenvalue weighted by atomic mass is 35.5. The normalized spacial score (nSPS) is 10.6. The number of hydrogen-bond acceptors (Lipinski definition) is 6. The van der Waals surface area contributed by atoms with Gasteiger partial charge in [-0.1, -0.05) is 41.4 Å². The van der Waals surface area contributed by atoms with E-state index in [1.54, 1.807) is 36.4 Å². The molecule has 2 aromatic carbocycles. The van der Waals surface area contributed by atoms with Crippen LogP contribution < -0.4 is 20.8 Å². The van der Waals surface area contributed by atoms with E-state index < -0.39 is 17.7 Å². The van der Waals surface area contributed by atoms with Gasteiger partial charge in [-0.05, 0) is 42.5 Å². The van der Waals surface area contributed by atoms with Gasteiger partial charge in [0.25, 0.3) is 5.91 Å². The quantitative estimate of drug-likeness (QED) is 0.255. The van der Waals surface area contributed by atoms with Crippen LogP contribution in [0.15, 0.2) is 70.2 Å². The number of furan rings is 1. The molecule has 0 atom stereocenters. The van der Waals surface area contributed by atoms with Gasteiger partial charge in [-0.15, -0.1) is 0 Å². The van der Waals surface area contributed by atoms with E-state index in [4.69, 9.17) is 32.4 Å². The molecule has 1 aromatic heterocycles. The third-order valence-electron chi connectivity index (χ3n) is 3.93. The number of hydrogen-bond donors (Lipinski definition) is 3. The smallest absolute Gasteiger partial charge is 0.313 e. The predicted molar refractivity (Wildman–Crippen MR) is 123 cm³/mol. The third kappa shape index (κ3) is 7.99. The van der Waals surface area contributed by atoms with Gasteiger partial charge in [-0.25, -0.2) is 5.43 Å². The summed E-state index contributed by atoms with van der Waals surface area (Å²) in [5.74, 6) is -0.922. The van der Waals surface area contributed by atoms with Crippen molar-refractivity contribution in [2.75, 3.05) is 11.9 Å². The van der Waals surface area contributed by atoms with E-state index >= 15 is 0 Å². The zero-order chi connectivity index (χ0) is 23.6. The second-order valence-electron chi connectivity index (χ2n) is 6.49. The largest absolute Gasteiger partial charge is 0.484 e. The first-order chi connectivity index (χ1) is 15.9. The van der Waals surface area contributed by atoms with Crippen LogP contribution in [0.3, 0.4) is 0 Å². The van der Waals surface area contributed by atoms with E-state index in [-0.39, 0.29) is 13.2 Å². The van der Waals surface area contributed by atoms with Crippen molar-refractivity contribution >= 4 is 52.8 Å². The van der Waals surface area contributed by atoms with Crippen LogP contribution >= 0.6 is 23.2 Å². The van der Waals surface area contributed by atoms with Crippen LogP contribution in [0.2, 0.25) is 10.0 Å². The van der Waals surface area contributed by atoms with Gasteiger partial charge in [0.1, 0.15) is 17.3 Å². The van der Waals surface area contributed by atoms with Gasteiger partial charge in [0.2, 0.25) is 0 Å². The fraction of sp³-hybridized carbons (Fsp3) is 0.0909. The van der Waals surface area contributed by atoms with Gasteiger partial charge in [0.15, 0.2) is 6.61 Å². The van der Waals surface area contributed by atoms with E-state index in [1.807, 2.05) is 6.07 Å². The van der Waals surface area contributed by atoms with E-state index in [2.05, 4.69) is 21.2 Å². The standard InChI is InChI=1S/C22H18Cl2N4O5/c23-14-8-15(24)10-16(9-14)27-22(31)21(30)25-11-18-6-7-19(33-18)12-26-28-20(29)13-32-17-4-2-1-3-5-17/h1-10,12H,11,13H2,(H,25,30)(H,27,31)(H,28,29)/b26-12-. The van der Waals surface area contributed by atoms with Gasteiger partial charge in [-0.2, -0.15) is 5.10 Å². The zero-order valence-electron chi connectivity index (χ0n) is 17.0. The van der Waals surface area contributed by atoms with Gasteiger partial charge in [0.05, 0.1) is 12.8 Å². The molecule has 0 bridgehead atoms. The summed E-state index contributed by atoms with van der Waals surface area (Å²) in [6.45, 7) is -0.228. The molecule has 0 aliphatic carbocycles. The van der Waals surface area contributed by atoms with Crippen molar-refractivity contribution in [1.82, 2.24) is 10.7 Å². The minimum Gasteiger partial charge on any atom is -0.484 e. The first kappa shape index (κ1) is 23.8. The van der Waals surface area contributed by atoms with Crippen molar-refractivity contribution in [1.29, 1.82) is 0 Å². The van der Waals surface area contributed by atoms with Gasteiger partial charge in [-0.3, -0.25) is 14.4 Å². The van der Waals surface area contributed by atoms with Crippen LogP contribution in [-0.2, 0) is 20.9 Å². The van der Waals surface area contributed by atoms with Gasteiger partial charge >= 0.3 is 11.8 Å². The number of carbonyl (C=O) groups excluding carboxylic acids is 3. The highest BCUT2D eigenvalue weighted by Crippen LogP contribution is 2.22. The Morgan fingerprint density at radius 3 is 2.42 bits per heavy atom. The van der Waals surface area contributed by atoms with Crippen LogP contribution in [0.1, 0.15) is 11.5 Å². The SMILES string of the molecule is O=C(COc1ccccc1)N/N=C\c1ccc(CNC(=O)C(=O)Nc2cc(Cl)cc(Cl)c2)o1. The van der Waals surface area contributed by atoms with E-state index in [9.17, 15) is 14.4 Å². The number of rotatable bonds is 8. The van der Waals surface area contributed by atoms with Crippen LogP contribution in [-0.4, -0.2) is 30.5 Å². The molecule has 0 unspecified atom stereocenters. The summed E-state index contributed by atoms with van der Waals surface area (Å²) < 4.78 is 10.8. The number of benzene rings is 2. The molecule has 0 fully saturated rings.